The Labute approximate surface area is 221 Å². The van der Waals surface area contributed by atoms with Crippen molar-refractivity contribution < 1.29 is 38.1 Å². The van der Waals surface area contributed by atoms with Crippen molar-refractivity contribution in [3.63, 3.8) is 0 Å². The Morgan fingerprint density at radius 2 is 1.50 bits per heavy atom. The van der Waals surface area contributed by atoms with Crippen LogP contribution in [0.15, 0.2) is 91.7 Å². The number of hydrogen-bond acceptors (Lipinski definition) is 9. The van der Waals surface area contributed by atoms with Gasteiger partial charge in [0, 0.05) is 0 Å². The first-order valence-corrected chi connectivity index (χ1v) is 11.6. The van der Waals surface area contributed by atoms with Crippen LogP contribution in [0.3, 0.4) is 0 Å². The van der Waals surface area contributed by atoms with Crippen LogP contribution in [0.2, 0.25) is 0 Å². The van der Waals surface area contributed by atoms with E-state index >= 15 is 0 Å². The van der Waals surface area contributed by atoms with Gasteiger partial charge in [0.2, 0.25) is 0 Å². The van der Waals surface area contributed by atoms with Crippen molar-refractivity contribution >= 4 is 17.9 Å². The minimum atomic E-state index is -1.21. The smallest absolute Gasteiger partial charge is 0.338 e. The molecule has 2 rings (SSSR count). The summed E-state index contributed by atoms with van der Waals surface area (Å²) in [5, 5.41) is 0. The molecule has 0 radical (unpaired) electrons. The fourth-order valence-corrected chi connectivity index (χ4v) is 3.25. The minimum Gasteiger partial charge on any atom is -0.493 e. The van der Waals surface area contributed by atoms with Crippen LogP contribution in [0.25, 0.3) is 0 Å². The van der Waals surface area contributed by atoms with Gasteiger partial charge in [-0.2, -0.15) is 0 Å². The number of rotatable bonds is 14. The maximum atomic E-state index is 12.8. The highest BCUT2D eigenvalue weighted by molar-refractivity contribution is 5.92. The summed E-state index contributed by atoms with van der Waals surface area (Å²) in [7, 11) is 2.88. The van der Waals surface area contributed by atoms with Crippen molar-refractivity contribution in [1.29, 1.82) is 0 Å². The number of ether oxygens (including phenoxy) is 5. The van der Waals surface area contributed by atoms with Crippen molar-refractivity contribution in [3.8, 4) is 23.0 Å². The first-order valence-electron chi connectivity index (χ1n) is 11.6. The van der Waals surface area contributed by atoms with Gasteiger partial charge in [-0.15, -0.1) is 6.58 Å². The standard InChI is InChI=1S/C29H31NO8/c1-5-10-20-14-15-25(26(17-20)35-4)38-28(32)19-22(36-29(33)21(6-2)11-9-16-30)18-27(31)37-24-13-8-7-12-23(24)34-3/h5-9,11-17,22H,1-2,10,18-19,30H2,3-4H3/b16-9-,21-11+/t22-/m0/s1. The Kier molecular flexibility index (Phi) is 11.9. The molecule has 0 spiro atoms. The molecular formula is C29H31NO8. The molecule has 2 aromatic rings. The summed E-state index contributed by atoms with van der Waals surface area (Å²) in [5.41, 5.74) is 6.31. The highest BCUT2D eigenvalue weighted by atomic mass is 16.6. The van der Waals surface area contributed by atoms with E-state index in [1.165, 1.54) is 38.6 Å². The summed E-state index contributed by atoms with van der Waals surface area (Å²) >= 11 is 0. The van der Waals surface area contributed by atoms with E-state index in [1.54, 1.807) is 48.5 Å². The van der Waals surface area contributed by atoms with E-state index < -0.39 is 36.9 Å². The number of methoxy groups -OCH3 is 2. The summed E-state index contributed by atoms with van der Waals surface area (Å²) in [6, 6.07) is 11.6. The van der Waals surface area contributed by atoms with Gasteiger partial charge >= 0.3 is 17.9 Å². The molecular weight excluding hydrogens is 490 g/mol. The van der Waals surface area contributed by atoms with Crippen LogP contribution in [0.4, 0.5) is 0 Å². The number of esters is 3. The molecule has 200 valence electrons. The molecule has 2 aromatic carbocycles. The van der Waals surface area contributed by atoms with Gasteiger partial charge in [0.1, 0.15) is 6.10 Å². The quantitative estimate of drug-likeness (QED) is 0.128. The lowest BCUT2D eigenvalue weighted by atomic mass is 10.1. The van der Waals surface area contributed by atoms with Crippen molar-refractivity contribution in [1.82, 2.24) is 0 Å². The van der Waals surface area contributed by atoms with Gasteiger partial charge < -0.3 is 29.4 Å². The van der Waals surface area contributed by atoms with Crippen LogP contribution < -0.4 is 24.7 Å². The maximum absolute atomic E-state index is 12.8. The molecule has 0 saturated heterocycles. The lowest BCUT2D eigenvalue weighted by molar-refractivity contribution is -0.151. The molecule has 0 aromatic heterocycles. The van der Waals surface area contributed by atoms with Crippen LogP contribution in [-0.2, 0) is 25.5 Å². The Balaban J connectivity index is 2.22. The van der Waals surface area contributed by atoms with Gasteiger partial charge in [0.15, 0.2) is 23.0 Å². The van der Waals surface area contributed by atoms with Gasteiger partial charge in [-0.05, 0) is 54.6 Å². The topological polar surface area (TPSA) is 123 Å². The number of benzene rings is 2. The van der Waals surface area contributed by atoms with Crippen molar-refractivity contribution in [2.24, 2.45) is 5.73 Å². The van der Waals surface area contributed by atoms with Gasteiger partial charge in [0.05, 0.1) is 32.6 Å². The van der Waals surface area contributed by atoms with E-state index in [1.807, 2.05) is 0 Å². The average Bonchev–Trinajstić information content (AvgIpc) is 2.90. The van der Waals surface area contributed by atoms with Crippen molar-refractivity contribution in [2.75, 3.05) is 14.2 Å². The summed E-state index contributed by atoms with van der Waals surface area (Å²) in [6.07, 6.45) is 5.53. The molecule has 0 unspecified atom stereocenters. The Morgan fingerprint density at radius 3 is 2.05 bits per heavy atom. The molecule has 0 aliphatic rings. The Hall–Kier alpha value is -4.79. The first kappa shape index (κ1) is 29.4. The van der Waals surface area contributed by atoms with Gasteiger partial charge in [-0.25, -0.2) is 4.79 Å². The van der Waals surface area contributed by atoms with E-state index in [0.29, 0.717) is 17.9 Å². The third kappa shape index (κ3) is 9.02. The lowest BCUT2D eigenvalue weighted by Gasteiger charge is -2.18. The van der Waals surface area contributed by atoms with Gasteiger partial charge in [-0.1, -0.05) is 36.9 Å². The van der Waals surface area contributed by atoms with Crippen LogP contribution >= 0.6 is 0 Å². The molecule has 0 aliphatic heterocycles. The first-order chi connectivity index (χ1) is 18.3. The predicted octanol–water partition coefficient (Wildman–Crippen LogP) is 4.22. The highest BCUT2D eigenvalue weighted by Crippen LogP contribution is 2.29. The number of hydrogen-bond donors (Lipinski definition) is 1. The normalized spacial score (nSPS) is 11.8. The molecule has 2 N–H and O–H groups in total. The highest BCUT2D eigenvalue weighted by Gasteiger charge is 2.26. The number of para-hydroxylation sites is 2. The van der Waals surface area contributed by atoms with Gasteiger partial charge in [0.25, 0.3) is 0 Å². The number of nitrogens with two attached hydrogens (primary N) is 1. The molecule has 38 heavy (non-hydrogen) atoms. The second kappa shape index (κ2) is 15.4. The molecule has 9 nitrogen and oxygen atoms in total. The number of carbonyl (C=O) groups excluding carboxylic acids is 3. The molecule has 0 bridgehead atoms. The minimum absolute atomic E-state index is 0.0719. The van der Waals surface area contributed by atoms with Crippen LogP contribution in [0, 0.1) is 0 Å². The largest absolute Gasteiger partial charge is 0.493 e. The lowest BCUT2D eigenvalue weighted by Crippen LogP contribution is -2.28. The van der Waals surface area contributed by atoms with Crippen molar-refractivity contribution in [2.45, 2.75) is 25.4 Å². The maximum Gasteiger partial charge on any atom is 0.338 e. The zero-order valence-corrected chi connectivity index (χ0v) is 21.4. The fourth-order valence-electron chi connectivity index (χ4n) is 3.25. The summed E-state index contributed by atoms with van der Waals surface area (Å²) in [5.74, 6) is -1.29. The molecule has 0 aliphatic carbocycles. The monoisotopic (exact) mass is 521 g/mol. The molecule has 0 saturated carbocycles. The fraction of sp³-hybridized carbons (Fsp3) is 0.207. The predicted molar refractivity (Wildman–Crippen MR) is 142 cm³/mol. The summed E-state index contributed by atoms with van der Waals surface area (Å²) in [6.45, 7) is 7.27. The number of allylic oxidation sites excluding steroid dienone is 3. The summed E-state index contributed by atoms with van der Waals surface area (Å²) in [4.78, 5) is 38.2. The van der Waals surface area contributed by atoms with E-state index in [-0.39, 0.29) is 17.1 Å². The van der Waals surface area contributed by atoms with Gasteiger partial charge in [-0.3, -0.25) is 9.59 Å². The third-order valence-corrected chi connectivity index (χ3v) is 5.03. The van der Waals surface area contributed by atoms with Crippen LogP contribution in [0.5, 0.6) is 23.0 Å². The molecule has 0 fully saturated rings. The average molecular weight is 522 g/mol. The SMILES string of the molecule is C=CCc1ccc(OC(=O)C[C@H](CC(=O)Oc2ccccc2OC)OC(=O)/C(C=C)=C/C=C\N)c(OC)c1. The number of carbonyl (C=O) groups is 3. The molecule has 9 heteroatoms. The van der Waals surface area contributed by atoms with Crippen LogP contribution in [0.1, 0.15) is 18.4 Å². The second-order valence-corrected chi connectivity index (χ2v) is 7.72. The zero-order valence-electron chi connectivity index (χ0n) is 21.4. The zero-order chi connectivity index (χ0) is 27.9. The Morgan fingerprint density at radius 1 is 0.895 bits per heavy atom. The van der Waals surface area contributed by atoms with E-state index in [2.05, 4.69) is 13.2 Å². The molecule has 0 amide bonds. The van der Waals surface area contributed by atoms with Crippen LogP contribution in [-0.4, -0.2) is 38.2 Å². The molecule has 0 heterocycles. The van der Waals surface area contributed by atoms with E-state index in [9.17, 15) is 14.4 Å². The summed E-state index contributed by atoms with van der Waals surface area (Å²) < 4.78 is 26.8. The second-order valence-electron chi connectivity index (χ2n) is 7.72. The molecule has 1 atom stereocenters. The van der Waals surface area contributed by atoms with E-state index in [4.69, 9.17) is 29.4 Å². The van der Waals surface area contributed by atoms with Crippen molar-refractivity contribution in [3.05, 3.63) is 97.3 Å². The Bertz CT molecular complexity index is 1210. The van der Waals surface area contributed by atoms with E-state index in [0.717, 1.165) is 5.56 Å². The third-order valence-electron chi connectivity index (χ3n) is 5.03.